The van der Waals surface area contributed by atoms with Crippen molar-refractivity contribution in [1.29, 1.82) is 0 Å². The van der Waals surface area contributed by atoms with Gasteiger partial charge in [0.25, 0.3) is 5.91 Å². The maximum absolute atomic E-state index is 11.6. The predicted octanol–water partition coefficient (Wildman–Crippen LogP) is 3.14. The second kappa shape index (κ2) is 7.62. The molecular weight excluding hydrogens is 264 g/mol. The Morgan fingerprint density at radius 2 is 2.24 bits per heavy atom. The van der Waals surface area contributed by atoms with Gasteiger partial charge in [-0.2, -0.15) is 5.10 Å². The summed E-state index contributed by atoms with van der Waals surface area (Å²) in [4.78, 5) is 11.6. The van der Waals surface area contributed by atoms with E-state index in [4.69, 9.17) is 4.74 Å². The van der Waals surface area contributed by atoms with Crippen LogP contribution >= 0.6 is 0 Å². The molecule has 0 fully saturated rings. The van der Waals surface area contributed by atoms with E-state index in [1.54, 1.807) is 0 Å². The fourth-order valence-electron chi connectivity index (χ4n) is 2.15. The molecule has 1 aliphatic rings. The molecule has 0 spiro atoms. The number of hydrogen-bond donors (Lipinski definition) is 1. The average molecular weight is 286 g/mol. The molecule has 0 aromatic heterocycles. The number of hydrazone groups is 1. The third-order valence-corrected chi connectivity index (χ3v) is 3.63. The minimum Gasteiger partial charge on any atom is -0.484 e. The molecular formula is C17H22N2O2. The third kappa shape index (κ3) is 5.06. The fraction of sp³-hybridized carbons (Fsp3) is 0.412. The standard InChI is InChI=1S/C17H22N2O2/c1-13-8-9-16(10-14(13)2)21-12-17(20)19-18-11-15-6-4-3-5-7-15/h3-4,8-11,15H,5-7,12H2,1-2H3,(H,19,20)/b18-11-/t15-/m0/s1. The van der Waals surface area contributed by atoms with Crippen molar-refractivity contribution >= 4 is 12.1 Å². The number of nitrogens with one attached hydrogen (secondary N) is 1. The van der Waals surface area contributed by atoms with E-state index < -0.39 is 0 Å². The summed E-state index contributed by atoms with van der Waals surface area (Å²) in [6.45, 7) is 4.04. The van der Waals surface area contributed by atoms with E-state index in [9.17, 15) is 4.79 Å². The lowest BCUT2D eigenvalue weighted by Crippen LogP contribution is -2.25. The Morgan fingerprint density at radius 1 is 1.38 bits per heavy atom. The summed E-state index contributed by atoms with van der Waals surface area (Å²) in [5, 5.41) is 4.00. The van der Waals surface area contributed by atoms with E-state index in [2.05, 4.69) is 22.7 Å². The van der Waals surface area contributed by atoms with Crippen LogP contribution in [0.5, 0.6) is 5.75 Å². The van der Waals surface area contributed by atoms with E-state index >= 15 is 0 Å². The second-order valence-electron chi connectivity index (χ2n) is 5.39. The van der Waals surface area contributed by atoms with Crippen molar-refractivity contribution in [2.45, 2.75) is 33.1 Å². The first kappa shape index (κ1) is 15.3. The summed E-state index contributed by atoms with van der Waals surface area (Å²) in [5.41, 5.74) is 4.86. The largest absolute Gasteiger partial charge is 0.484 e. The molecule has 1 atom stereocenters. The van der Waals surface area contributed by atoms with Crippen LogP contribution in [-0.2, 0) is 4.79 Å². The van der Waals surface area contributed by atoms with Crippen molar-refractivity contribution < 1.29 is 9.53 Å². The Balaban J connectivity index is 1.73. The number of allylic oxidation sites excluding steroid dienone is 2. The number of carbonyl (C=O) groups is 1. The molecule has 2 rings (SSSR count). The van der Waals surface area contributed by atoms with Crippen LogP contribution in [0, 0.1) is 19.8 Å². The predicted molar refractivity (Wildman–Crippen MR) is 84.5 cm³/mol. The van der Waals surface area contributed by atoms with Gasteiger partial charge in [-0.15, -0.1) is 0 Å². The molecule has 4 nitrogen and oxygen atoms in total. The smallest absolute Gasteiger partial charge is 0.277 e. The fourth-order valence-corrected chi connectivity index (χ4v) is 2.15. The van der Waals surface area contributed by atoms with Crippen molar-refractivity contribution in [1.82, 2.24) is 5.43 Å². The number of carbonyl (C=O) groups excluding carboxylic acids is 1. The van der Waals surface area contributed by atoms with Gasteiger partial charge in [-0.05, 0) is 62.3 Å². The summed E-state index contributed by atoms with van der Waals surface area (Å²) >= 11 is 0. The monoisotopic (exact) mass is 286 g/mol. The van der Waals surface area contributed by atoms with E-state index in [-0.39, 0.29) is 12.5 Å². The average Bonchev–Trinajstić information content (AvgIpc) is 2.49. The van der Waals surface area contributed by atoms with Crippen molar-refractivity contribution in [2.75, 3.05) is 6.61 Å². The Morgan fingerprint density at radius 3 is 2.95 bits per heavy atom. The van der Waals surface area contributed by atoms with Gasteiger partial charge in [0.05, 0.1) is 0 Å². The van der Waals surface area contributed by atoms with Crippen molar-refractivity contribution in [3.63, 3.8) is 0 Å². The summed E-state index contributed by atoms with van der Waals surface area (Å²) in [6.07, 6.45) is 9.33. The van der Waals surface area contributed by atoms with Gasteiger partial charge in [0, 0.05) is 6.21 Å². The SMILES string of the molecule is Cc1ccc(OCC(=O)N/N=C\[C@H]2CC=CCC2)cc1C. The Bertz CT molecular complexity index is 550. The zero-order valence-electron chi connectivity index (χ0n) is 12.6. The van der Waals surface area contributed by atoms with E-state index in [1.807, 2.05) is 38.3 Å². The first-order chi connectivity index (χ1) is 10.1. The second-order valence-corrected chi connectivity index (χ2v) is 5.39. The van der Waals surface area contributed by atoms with Crippen LogP contribution in [0.2, 0.25) is 0 Å². The zero-order chi connectivity index (χ0) is 15.1. The van der Waals surface area contributed by atoms with Gasteiger partial charge in [0.1, 0.15) is 5.75 Å². The Hall–Kier alpha value is -2.10. The number of aryl methyl sites for hydroxylation is 2. The summed E-state index contributed by atoms with van der Waals surface area (Å²) < 4.78 is 5.45. The molecule has 0 unspecified atom stereocenters. The lowest BCUT2D eigenvalue weighted by atomic mass is 9.96. The van der Waals surface area contributed by atoms with Crippen LogP contribution in [0.4, 0.5) is 0 Å². The molecule has 21 heavy (non-hydrogen) atoms. The maximum Gasteiger partial charge on any atom is 0.277 e. The van der Waals surface area contributed by atoms with Crippen LogP contribution in [0.1, 0.15) is 30.4 Å². The van der Waals surface area contributed by atoms with Crippen LogP contribution in [0.15, 0.2) is 35.5 Å². The quantitative estimate of drug-likeness (QED) is 0.513. The number of rotatable bonds is 5. The van der Waals surface area contributed by atoms with Gasteiger partial charge in [0.15, 0.2) is 6.61 Å². The lowest BCUT2D eigenvalue weighted by Gasteiger charge is -2.11. The van der Waals surface area contributed by atoms with Crippen molar-refractivity contribution in [3.8, 4) is 5.75 Å². The van der Waals surface area contributed by atoms with Crippen molar-refractivity contribution in [2.24, 2.45) is 11.0 Å². The molecule has 0 bridgehead atoms. The topological polar surface area (TPSA) is 50.7 Å². The van der Waals surface area contributed by atoms with Gasteiger partial charge >= 0.3 is 0 Å². The molecule has 1 aromatic carbocycles. The molecule has 1 aromatic rings. The zero-order valence-corrected chi connectivity index (χ0v) is 12.6. The number of amides is 1. The van der Waals surface area contributed by atoms with Gasteiger partial charge in [-0.3, -0.25) is 4.79 Å². The highest BCUT2D eigenvalue weighted by Crippen LogP contribution is 2.16. The number of ether oxygens (including phenoxy) is 1. The summed E-state index contributed by atoms with van der Waals surface area (Å²) in [7, 11) is 0. The van der Waals surface area contributed by atoms with E-state index in [0.29, 0.717) is 11.7 Å². The van der Waals surface area contributed by atoms with Gasteiger partial charge < -0.3 is 4.74 Å². The first-order valence-corrected chi connectivity index (χ1v) is 7.32. The molecule has 0 heterocycles. The minimum absolute atomic E-state index is 0.0234. The Labute approximate surface area is 125 Å². The molecule has 112 valence electrons. The number of nitrogens with zero attached hydrogens (tertiary/aromatic N) is 1. The number of hydrogen-bond acceptors (Lipinski definition) is 3. The molecule has 0 radical (unpaired) electrons. The maximum atomic E-state index is 11.6. The van der Waals surface area contributed by atoms with Gasteiger partial charge in [-0.1, -0.05) is 18.2 Å². The highest BCUT2D eigenvalue weighted by molar-refractivity contribution is 5.78. The molecule has 0 aliphatic heterocycles. The molecule has 1 amide bonds. The number of benzene rings is 1. The summed E-state index contributed by atoms with van der Waals surface area (Å²) in [6, 6.07) is 5.78. The van der Waals surface area contributed by atoms with E-state index in [1.165, 1.54) is 5.56 Å². The van der Waals surface area contributed by atoms with Crippen LogP contribution in [-0.4, -0.2) is 18.7 Å². The van der Waals surface area contributed by atoms with E-state index in [0.717, 1.165) is 24.8 Å². The molecule has 0 saturated heterocycles. The van der Waals surface area contributed by atoms with Gasteiger partial charge in [0.2, 0.25) is 0 Å². The van der Waals surface area contributed by atoms with Crippen LogP contribution in [0.3, 0.4) is 0 Å². The normalized spacial score (nSPS) is 17.9. The summed E-state index contributed by atoms with van der Waals surface area (Å²) in [5.74, 6) is 0.890. The molecule has 1 N–H and O–H groups in total. The first-order valence-electron chi connectivity index (χ1n) is 7.32. The third-order valence-electron chi connectivity index (χ3n) is 3.63. The van der Waals surface area contributed by atoms with Crippen LogP contribution < -0.4 is 10.2 Å². The van der Waals surface area contributed by atoms with Gasteiger partial charge in [-0.25, -0.2) is 5.43 Å². The van der Waals surface area contributed by atoms with Crippen LogP contribution in [0.25, 0.3) is 0 Å². The molecule has 1 aliphatic carbocycles. The molecule has 0 saturated carbocycles. The van der Waals surface area contributed by atoms with Crippen molar-refractivity contribution in [3.05, 3.63) is 41.5 Å². The lowest BCUT2D eigenvalue weighted by molar-refractivity contribution is -0.123. The highest BCUT2D eigenvalue weighted by Gasteiger charge is 2.07. The Kier molecular flexibility index (Phi) is 5.55. The minimum atomic E-state index is -0.240. The highest BCUT2D eigenvalue weighted by atomic mass is 16.5. The molecule has 4 heteroatoms.